The van der Waals surface area contributed by atoms with Gasteiger partial charge in [-0.2, -0.15) is 0 Å². The largest absolute Gasteiger partial charge is 0.460 e. The molecule has 7 nitrogen and oxygen atoms in total. The van der Waals surface area contributed by atoms with Crippen LogP contribution >= 0.6 is 0 Å². The van der Waals surface area contributed by atoms with Crippen LogP contribution in [0, 0.1) is 0 Å². The van der Waals surface area contributed by atoms with Gasteiger partial charge in [-0.25, -0.2) is 0 Å². The van der Waals surface area contributed by atoms with Crippen LogP contribution in [0.5, 0.6) is 11.5 Å². The molecule has 3 atom stereocenters. The monoisotopic (exact) mass is 447 g/mol. The number of amides is 1. The van der Waals surface area contributed by atoms with E-state index in [4.69, 9.17) is 18.6 Å². The molecule has 0 saturated heterocycles. The van der Waals surface area contributed by atoms with E-state index in [2.05, 4.69) is 45.3 Å². The maximum Gasteiger partial charge on any atom is 0.302 e. The molecule has 0 bridgehead atoms. The van der Waals surface area contributed by atoms with Crippen molar-refractivity contribution in [3.05, 3.63) is 29.8 Å². The Hall–Kier alpha value is -2.32. The van der Waals surface area contributed by atoms with Gasteiger partial charge in [-0.1, -0.05) is 32.9 Å². The van der Waals surface area contributed by atoms with E-state index in [9.17, 15) is 9.59 Å². The highest BCUT2D eigenvalue weighted by atomic mass is 28.4. The van der Waals surface area contributed by atoms with E-state index in [1.54, 1.807) is 0 Å². The van der Waals surface area contributed by atoms with E-state index >= 15 is 0 Å². The molecule has 1 N–H and O–H groups in total. The van der Waals surface area contributed by atoms with Crippen LogP contribution in [0.4, 0.5) is 0 Å². The fourth-order valence-electron chi connectivity index (χ4n) is 3.65. The van der Waals surface area contributed by atoms with Gasteiger partial charge in [-0.05, 0) is 41.4 Å². The van der Waals surface area contributed by atoms with Crippen LogP contribution in [0.25, 0.3) is 5.57 Å². The normalized spacial score (nSPS) is 23.2. The van der Waals surface area contributed by atoms with Crippen LogP contribution < -0.4 is 14.8 Å². The Morgan fingerprint density at radius 1 is 1.13 bits per heavy atom. The summed E-state index contributed by atoms with van der Waals surface area (Å²) in [7, 11) is -2.08. The number of carbonyl (C=O) groups is 2. The number of benzene rings is 1. The average Bonchev–Trinajstić information content (AvgIpc) is 3.09. The number of rotatable bonds is 5. The summed E-state index contributed by atoms with van der Waals surface area (Å²) in [5.74, 6) is 0.745. The lowest BCUT2D eigenvalue weighted by molar-refractivity contribution is -0.149. The second-order valence-corrected chi connectivity index (χ2v) is 14.4. The van der Waals surface area contributed by atoms with Crippen molar-refractivity contribution in [1.29, 1.82) is 0 Å². The molecule has 1 aromatic carbocycles. The van der Waals surface area contributed by atoms with Gasteiger partial charge in [0.25, 0.3) is 0 Å². The first-order valence-electron chi connectivity index (χ1n) is 10.6. The molecule has 0 unspecified atom stereocenters. The fourth-order valence-corrected chi connectivity index (χ4v) is 4.92. The minimum absolute atomic E-state index is 0.0329. The molecule has 31 heavy (non-hydrogen) atoms. The Labute approximate surface area is 185 Å². The summed E-state index contributed by atoms with van der Waals surface area (Å²) < 4.78 is 23.3. The highest BCUT2D eigenvalue weighted by Crippen LogP contribution is 2.41. The zero-order valence-corrected chi connectivity index (χ0v) is 20.4. The molecule has 1 aliphatic heterocycles. The Morgan fingerprint density at radius 3 is 2.42 bits per heavy atom. The highest BCUT2D eigenvalue weighted by molar-refractivity contribution is 6.74. The topological polar surface area (TPSA) is 83.1 Å². The summed E-state index contributed by atoms with van der Waals surface area (Å²) >= 11 is 0. The first-order chi connectivity index (χ1) is 14.4. The van der Waals surface area contributed by atoms with Gasteiger partial charge in [0.1, 0.15) is 6.10 Å². The SMILES string of the molecule is CC(=O)N[C@@H]1C(c2ccc3c(c2)OCO3)=C[C@@H](O[Si](C)(C)C(C)(C)C)C[C@H]1OC(C)=O. The van der Waals surface area contributed by atoms with Gasteiger partial charge in [0, 0.05) is 20.3 Å². The second-order valence-electron chi connectivity index (χ2n) is 9.67. The molecule has 0 aromatic heterocycles. The van der Waals surface area contributed by atoms with Crippen molar-refractivity contribution in [2.24, 2.45) is 0 Å². The summed E-state index contributed by atoms with van der Waals surface area (Å²) in [4.78, 5) is 23.9. The van der Waals surface area contributed by atoms with Crippen molar-refractivity contribution in [1.82, 2.24) is 5.32 Å². The van der Waals surface area contributed by atoms with Crippen LogP contribution in [0.3, 0.4) is 0 Å². The third-order valence-electron chi connectivity index (χ3n) is 6.17. The molecule has 170 valence electrons. The van der Waals surface area contributed by atoms with Gasteiger partial charge in [-0.3, -0.25) is 9.59 Å². The van der Waals surface area contributed by atoms with Crippen LogP contribution in [0.15, 0.2) is 24.3 Å². The van der Waals surface area contributed by atoms with Crippen molar-refractivity contribution < 1.29 is 28.2 Å². The van der Waals surface area contributed by atoms with Gasteiger partial charge in [0.15, 0.2) is 19.8 Å². The smallest absolute Gasteiger partial charge is 0.302 e. The number of fused-ring (bicyclic) bond motifs is 1. The number of hydrogen-bond acceptors (Lipinski definition) is 6. The van der Waals surface area contributed by atoms with E-state index in [0.29, 0.717) is 17.9 Å². The van der Waals surface area contributed by atoms with E-state index in [1.165, 1.54) is 13.8 Å². The number of ether oxygens (including phenoxy) is 3. The van der Waals surface area contributed by atoms with Gasteiger partial charge in [0.05, 0.1) is 12.1 Å². The van der Waals surface area contributed by atoms with Crippen LogP contribution in [0.2, 0.25) is 18.1 Å². The molecule has 2 aliphatic rings. The van der Waals surface area contributed by atoms with Crippen molar-refractivity contribution in [3.63, 3.8) is 0 Å². The maximum atomic E-state index is 12.0. The van der Waals surface area contributed by atoms with Crippen molar-refractivity contribution in [2.45, 2.75) is 77.4 Å². The third kappa shape index (κ3) is 5.30. The summed E-state index contributed by atoms with van der Waals surface area (Å²) in [5.41, 5.74) is 1.71. The lowest BCUT2D eigenvalue weighted by atomic mass is 9.85. The minimum atomic E-state index is -2.08. The van der Waals surface area contributed by atoms with Gasteiger partial charge >= 0.3 is 5.97 Å². The second kappa shape index (κ2) is 8.67. The molecule has 3 rings (SSSR count). The van der Waals surface area contributed by atoms with Gasteiger partial charge in [0.2, 0.25) is 12.7 Å². The third-order valence-corrected chi connectivity index (χ3v) is 10.7. The van der Waals surface area contributed by atoms with Crippen LogP contribution in [-0.4, -0.2) is 45.2 Å². The molecule has 0 spiro atoms. The van der Waals surface area contributed by atoms with Crippen LogP contribution in [0.1, 0.15) is 46.6 Å². The molecule has 8 heteroatoms. The molecule has 0 fully saturated rings. The number of carbonyl (C=O) groups excluding carboxylic acids is 2. The molecular weight excluding hydrogens is 414 g/mol. The fraction of sp³-hybridized carbons (Fsp3) is 0.565. The lowest BCUT2D eigenvalue weighted by Crippen LogP contribution is -2.51. The van der Waals surface area contributed by atoms with Crippen molar-refractivity contribution in [3.8, 4) is 11.5 Å². The molecule has 1 amide bonds. The maximum absolute atomic E-state index is 12.0. The quantitative estimate of drug-likeness (QED) is 0.542. The number of esters is 1. The molecule has 1 aromatic rings. The number of hydrogen-bond donors (Lipinski definition) is 1. The van der Waals surface area contributed by atoms with Gasteiger partial charge in [-0.15, -0.1) is 0 Å². The first kappa shape index (κ1) is 23.3. The summed E-state index contributed by atoms with van der Waals surface area (Å²) in [5, 5.41) is 3.00. The predicted molar refractivity (Wildman–Crippen MR) is 120 cm³/mol. The highest BCUT2D eigenvalue weighted by Gasteiger charge is 2.42. The summed E-state index contributed by atoms with van der Waals surface area (Å²) in [6, 6.07) is 5.18. The van der Waals surface area contributed by atoms with Crippen LogP contribution in [-0.2, 0) is 18.8 Å². The standard InChI is InChI=1S/C23H33NO6Si/c1-14(25)24-22-18(16-8-9-19-20(10-16)28-13-27-19)11-17(12-21(22)29-15(2)26)30-31(6,7)23(3,4)5/h8-11,17,21-22H,12-13H2,1-7H3,(H,24,25)/t17-,21-,22-/m1/s1. The molecule has 1 heterocycles. The summed E-state index contributed by atoms with van der Waals surface area (Å²) in [6.07, 6.45) is 1.75. The van der Waals surface area contributed by atoms with Gasteiger partial charge < -0.3 is 24.0 Å². The molecule has 1 aliphatic carbocycles. The predicted octanol–water partition coefficient (Wildman–Crippen LogP) is 4.03. The Bertz CT molecular complexity index is 889. The first-order valence-corrected chi connectivity index (χ1v) is 13.5. The zero-order valence-electron chi connectivity index (χ0n) is 19.4. The van der Waals surface area contributed by atoms with Crippen molar-refractivity contribution >= 4 is 25.8 Å². The molecule has 0 radical (unpaired) electrons. The molecular formula is C23H33NO6Si. The zero-order chi connectivity index (χ0) is 23.0. The van der Waals surface area contributed by atoms with E-state index in [-0.39, 0.29) is 23.8 Å². The average molecular weight is 448 g/mol. The van der Waals surface area contributed by atoms with E-state index in [1.807, 2.05) is 18.2 Å². The Balaban J connectivity index is 2.04. The lowest BCUT2D eigenvalue weighted by Gasteiger charge is -2.42. The minimum Gasteiger partial charge on any atom is -0.460 e. The Kier molecular flexibility index (Phi) is 6.52. The van der Waals surface area contributed by atoms with Crippen molar-refractivity contribution in [2.75, 3.05) is 6.79 Å². The number of nitrogens with one attached hydrogen (secondary N) is 1. The summed E-state index contributed by atoms with van der Waals surface area (Å²) in [6.45, 7) is 14.0. The van der Waals surface area contributed by atoms with E-state index in [0.717, 1.165) is 11.1 Å². The van der Waals surface area contributed by atoms with E-state index < -0.39 is 26.4 Å². The Morgan fingerprint density at radius 2 is 1.81 bits per heavy atom. The molecule has 0 saturated carbocycles.